The molecular weight excluding hydrogens is 224 g/mol. The molecule has 0 fully saturated rings. The summed E-state index contributed by atoms with van der Waals surface area (Å²) in [7, 11) is 0. The van der Waals surface area contributed by atoms with Crippen LogP contribution < -0.4 is 10.5 Å². The van der Waals surface area contributed by atoms with Gasteiger partial charge < -0.3 is 15.5 Å². The molecule has 90 valence electrons. The highest BCUT2D eigenvalue weighted by Crippen LogP contribution is 2.28. The first kappa shape index (κ1) is 10.7. The molecule has 0 unspecified atom stereocenters. The number of hydrogen-bond acceptors (Lipinski definition) is 2. The van der Waals surface area contributed by atoms with Gasteiger partial charge in [-0.1, -0.05) is 17.7 Å². The van der Waals surface area contributed by atoms with Gasteiger partial charge in [0.1, 0.15) is 11.5 Å². The normalized spacial score (nSPS) is 10.7. The van der Waals surface area contributed by atoms with E-state index in [1.165, 1.54) is 5.56 Å². The summed E-state index contributed by atoms with van der Waals surface area (Å²) in [6, 6.07) is 13.8. The quantitative estimate of drug-likeness (QED) is 0.712. The van der Waals surface area contributed by atoms with Crippen molar-refractivity contribution in [3.8, 4) is 11.5 Å². The van der Waals surface area contributed by atoms with Crippen molar-refractivity contribution in [3.05, 3.63) is 54.2 Å². The van der Waals surface area contributed by atoms with Gasteiger partial charge in [-0.05, 0) is 37.3 Å². The molecule has 3 heteroatoms. The standard InChI is InChI=1S/C15H14N2O/c1-10-2-4-11(5-3-10)18-12-6-7-15-13(8-12)14(16)9-17-15/h2-9,17H,16H2,1H3. The van der Waals surface area contributed by atoms with E-state index in [2.05, 4.69) is 11.9 Å². The van der Waals surface area contributed by atoms with Gasteiger partial charge in [-0.3, -0.25) is 0 Å². The summed E-state index contributed by atoms with van der Waals surface area (Å²) in [5.41, 5.74) is 8.84. The summed E-state index contributed by atoms with van der Waals surface area (Å²) >= 11 is 0. The third-order valence-corrected chi connectivity index (χ3v) is 2.94. The van der Waals surface area contributed by atoms with Crippen LogP contribution in [0.3, 0.4) is 0 Å². The van der Waals surface area contributed by atoms with Crippen LogP contribution in [0.1, 0.15) is 5.56 Å². The second-order valence-electron chi connectivity index (χ2n) is 4.37. The molecule has 18 heavy (non-hydrogen) atoms. The van der Waals surface area contributed by atoms with Crippen LogP contribution in [0.2, 0.25) is 0 Å². The fraction of sp³-hybridized carbons (Fsp3) is 0.0667. The van der Waals surface area contributed by atoms with Gasteiger partial charge in [-0.25, -0.2) is 0 Å². The Kier molecular flexibility index (Phi) is 2.45. The smallest absolute Gasteiger partial charge is 0.128 e. The number of fused-ring (bicyclic) bond motifs is 1. The van der Waals surface area contributed by atoms with Crippen molar-refractivity contribution < 1.29 is 4.74 Å². The van der Waals surface area contributed by atoms with Crippen LogP contribution in [-0.4, -0.2) is 4.98 Å². The van der Waals surface area contributed by atoms with Crippen molar-refractivity contribution in [2.75, 3.05) is 5.73 Å². The number of aryl methyl sites for hydroxylation is 1. The van der Waals surface area contributed by atoms with E-state index < -0.39 is 0 Å². The Labute approximate surface area is 105 Å². The van der Waals surface area contributed by atoms with Crippen LogP contribution in [0, 0.1) is 6.92 Å². The van der Waals surface area contributed by atoms with Crippen LogP contribution in [0.5, 0.6) is 11.5 Å². The van der Waals surface area contributed by atoms with Crippen molar-refractivity contribution in [1.82, 2.24) is 4.98 Å². The molecule has 0 aliphatic carbocycles. The van der Waals surface area contributed by atoms with E-state index in [0.29, 0.717) is 0 Å². The summed E-state index contributed by atoms with van der Waals surface area (Å²) in [6.07, 6.45) is 1.79. The molecule has 3 aromatic rings. The van der Waals surface area contributed by atoms with Crippen molar-refractivity contribution in [3.63, 3.8) is 0 Å². The van der Waals surface area contributed by atoms with Crippen LogP contribution in [0.25, 0.3) is 10.9 Å². The minimum Gasteiger partial charge on any atom is -0.457 e. The summed E-state index contributed by atoms with van der Waals surface area (Å²) in [6.45, 7) is 2.05. The number of H-pyrrole nitrogens is 1. The molecule has 0 radical (unpaired) electrons. The molecule has 3 N–H and O–H groups in total. The second kappa shape index (κ2) is 4.11. The number of benzene rings is 2. The molecule has 0 aliphatic heterocycles. The number of aromatic amines is 1. The lowest BCUT2D eigenvalue weighted by atomic mass is 10.2. The molecule has 2 aromatic carbocycles. The van der Waals surface area contributed by atoms with E-state index in [1.807, 2.05) is 42.5 Å². The average Bonchev–Trinajstić information content (AvgIpc) is 2.74. The highest BCUT2D eigenvalue weighted by molar-refractivity contribution is 5.92. The summed E-state index contributed by atoms with van der Waals surface area (Å²) in [5, 5.41) is 0.986. The first-order chi connectivity index (χ1) is 8.72. The maximum atomic E-state index is 5.87. The van der Waals surface area contributed by atoms with E-state index in [4.69, 9.17) is 10.5 Å². The summed E-state index contributed by atoms with van der Waals surface area (Å²) in [5.74, 6) is 1.62. The number of nitrogen functional groups attached to an aromatic ring is 1. The highest BCUT2D eigenvalue weighted by Gasteiger charge is 2.03. The van der Waals surface area contributed by atoms with Gasteiger partial charge in [0.15, 0.2) is 0 Å². The Bertz CT molecular complexity index is 683. The molecule has 0 saturated carbocycles. The first-order valence-electron chi connectivity index (χ1n) is 5.83. The predicted molar refractivity (Wildman–Crippen MR) is 74.0 cm³/mol. The van der Waals surface area contributed by atoms with Crippen molar-refractivity contribution in [2.24, 2.45) is 0 Å². The molecule has 0 bridgehead atoms. The topological polar surface area (TPSA) is 51.0 Å². The average molecular weight is 238 g/mol. The maximum Gasteiger partial charge on any atom is 0.128 e. The minimum atomic E-state index is 0.736. The Hall–Kier alpha value is -2.42. The maximum absolute atomic E-state index is 5.87. The van der Waals surface area contributed by atoms with Gasteiger partial charge in [0, 0.05) is 17.1 Å². The third-order valence-electron chi connectivity index (χ3n) is 2.94. The van der Waals surface area contributed by atoms with Crippen molar-refractivity contribution in [2.45, 2.75) is 6.92 Å². The predicted octanol–water partition coefficient (Wildman–Crippen LogP) is 3.85. The van der Waals surface area contributed by atoms with Crippen LogP contribution >= 0.6 is 0 Å². The van der Waals surface area contributed by atoms with Crippen LogP contribution in [-0.2, 0) is 0 Å². The Balaban J connectivity index is 1.94. The largest absolute Gasteiger partial charge is 0.457 e. The molecule has 3 rings (SSSR count). The molecule has 0 aliphatic rings. The number of hydrogen-bond donors (Lipinski definition) is 2. The lowest BCUT2D eigenvalue weighted by Crippen LogP contribution is -1.85. The number of nitrogens with one attached hydrogen (secondary N) is 1. The summed E-state index contributed by atoms with van der Waals surface area (Å²) < 4.78 is 5.80. The van der Waals surface area contributed by atoms with Gasteiger partial charge >= 0.3 is 0 Å². The van der Waals surface area contributed by atoms with Crippen molar-refractivity contribution >= 4 is 16.6 Å². The van der Waals surface area contributed by atoms with Gasteiger partial charge in [0.2, 0.25) is 0 Å². The zero-order valence-electron chi connectivity index (χ0n) is 10.1. The Morgan fingerprint density at radius 3 is 2.50 bits per heavy atom. The Morgan fingerprint density at radius 1 is 1.00 bits per heavy atom. The molecular formula is C15H14N2O. The van der Waals surface area contributed by atoms with E-state index in [0.717, 1.165) is 28.1 Å². The van der Waals surface area contributed by atoms with Gasteiger partial charge in [0.05, 0.1) is 5.69 Å². The van der Waals surface area contributed by atoms with Gasteiger partial charge in [-0.15, -0.1) is 0 Å². The van der Waals surface area contributed by atoms with Gasteiger partial charge in [0.25, 0.3) is 0 Å². The molecule has 0 atom stereocenters. The molecule has 1 heterocycles. The van der Waals surface area contributed by atoms with Crippen molar-refractivity contribution in [1.29, 1.82) is 0 Å². The summed E-state index contributed by atoms with van der Waals surface area (Å²) in [4.78, 5) is 3.11. The fourth-order valence-electron chi connectivity index (χ4n) is 1.93. The van der Waals surface area contributed by atoms with E-state index in [9.17, 15) is 0 Å². The zero-order chi connectivity index (χ0) is 12.5. The van der Waals surface area contributed by atoms with E-state index in [1.54, 1.807) is 6.20 Å². The molecule has 3 nitrogen and oxygen atoms in total. The van der Waals surface area contributed by atoms with Crippen LogP contribution in [0.4, 0.5) is 5.69 Å². The lowest BCUT2D eigenvalue weighted by molar-refractivity contribution is 0.483. The highest BCUT2D eigenvalue weighted by atomic mass is 16.5. The number of ether oxygens (including phenoxy) is 1. The second-order valence-corrected chi connectivity index (χ2v) is 4.37. The third kappa shape index (κ3) is 1.91. The first-order valence-corrected chi connectivity index (χ1v) is 5.83. The van der Waals surface area contributed by atoms with Crippen LogP contribution in [0.15, 0.2) is 48.7 Å². The molecule has 0 amide bonds. The number of rotatable bonds is 2. The van der Waals surface area contributed by atoms with E-state index in [-0.39, 0.29) is 0 Å². The number of nitrogens with two attached hydrogens (primary N) is 1. The Morgan fingerprint density at radius 2 is 1.72 bits per heavy atom. The molecule has 1 aromatic heterocycles. The van der Waals surface area contributed by atoms with Gasteiger partial charge in [-0.2, -0.15) is 0 Å². The minimum absolute atomic E-state index is 0.736. The lowest BCUT2D eigenvalue weighted by Gasteiger charge is -2.06. The molecule has 0 spiro atoms. The van der Waals surface area contributed by atoms with E-state index >= 15 is 0 Å². The molecule has 0 saturated heterocycles. The SMILES string of the molecule is Cc1ccc(Oc2ccc3[nH]cc(N)c3c2)cc1. The zero-order valence-corrected chi connectivity index (χ0v) is 10.1. The number of anilines is 1. The number of aromatic nitrogens is 1. The fourth-order valence-corrected chi connectivity index (χ4v) is 1.93. The monoisotopic (exact) mass is 238 g/mol.